The number of hydrogen-bond donors (Lipinski definition) is 0. The lowest BCUT2D eigenvalue weighted by Gasteiger charge is -2.37. The van der Waals surface area contributed by atoms with Crippen molar-refractivity contribution in [2.24, 2.45) is 5.92 Å². The van der Waals surface area contributed by atoms with Crippen LogP contribution in [0.4, 0.5) is 0 Å². The number of benzene rings is 2. The van der Waals surface area contributed by atoms with Crippen molar-refractivity contribution in [1.82, 2.24) is 30.1 Å². The second-order valence-electron chi connectivity index (χ2n) is 8.54. The van der Waals surface area contributed by atoms with Crippen molar-refractivity contribution in [3.63, 3.8) is 0 Å². The van der Waals surface area contributed by atoms with Crippen LogP contribution < -0.4 is 0 Å². The largest absolute Gasteiger partial charge is 0.290 e. The Kier molecular flexibility index (Phi) is 6.30. The third-order valence-electron chi connectivity index (χ3n) is 6.36. The van der Waals surface area contributed by atoms with E-state index < -0.39 is 0 Å². The Labute approximate surface area is 188 Å². The lowest BCUT2D eigenvalue weighted by molar-refractivity contribution is 0.143. The molecule has 0 amide bonds. The van der Waals surface area contributed by atoms with Crippen LogP contribution in [0.25, 0.3) is 0 Å². The van der Waals surface area contributed by atoms with Gasteiger partial charge in [-0.3, -0.25) is 9.88 Å². The zero-order valence-corrected chi connectivity index (χ0v) is 18.2. The van der Waals surface area contributed by atoms with Crippen molar-refractivity contribution >= 4 is 0 Å². The molecule has 0 radical (unpaired) electrons. The molecule has 6 heteroatoms. The minimum absolute atomic E-state index is 0.0000810. The first kappa shape index (κ1) is 20.5. The maximum Gasteiger partial charge on any atom is 0.173 e. The monoisotopic (exact) mass is 424 g/mol. The zero-order valence-electron chi connectivity index (χ0n) is 18.2. The van der Waals surface area contributed by atoms with Crippen LogP contribution in [0.3, 0.4) is 0 Å². The van der Waals surface area contributed by atoms with Crippen LogP contribution in [0.5, 0.6) is 0 Å². The fourth-order valence-electron chi connectivity index (χ4n) is 4.70. The molecule has 32 heavy (non-hydrogen) atoms. The second kappa shape index (κ2) is 9.83. The molecule has 1 fully saturated rings. The van der Waals surface area contributed by atoms with Crippen LogP contribution in [-0.2, 0) is 13.0 Å². The van der Waals surface area contributed by atoms with E-state index in [-0.39, 0.29) is 6.04 Å². The van der Waals surface area contributed by atoms with Gasteiger partial charge in [0.1, 0.15) is 0 Å². The van der Waals surface area contributed by atoms with Crippen molar-refractivity contribution in [3.05, 3.63) is 108 Å². The Bertz CT molecular complexity index is 1090. The number of nitrogens with zero attached hydrogens (tertiary/aromatic N) is 6. The van der Waals surface area contributed by atoms with E-state index in [1.165, 1.54) is 24.0 Å². The highest BCUT2D eigenvalue weighted by molar-refractivity contribution is 5.23. The fraction of sp³-hybridized carbons (Fsp3) is 0.308. The van der Waals surface area contributed by atoms with Gasteiger partial charge in [-0.05, 0) is 71.5 Å². The highest BCUT2D eigenvalue weighted by Crippen LogP contribution is 2.32. The van der Waals surface area contributed by atoms with Crippen molar-refractivity contribution < 1.29 is 0 Å². The molecule has 1 aliphatic rings. The van der Waals surface area contributed by atoms with Crippen molar-refractivity contribution in [1.29, 1.82) is 0 Å². The molecule has 0 N–H and O–H groups in total. The predicted molar refractivity (Wildman–Crippen MR) is 124 cm³/mol. The molecule has 6 nitrogen and oxygen atoms in total. The molecule has 3 heterocycles. The van der Waals surface area contributed by atoms with Gasteiger partial charge in [0.05, 0.1) is 12.6 Å². The van der Waals surface area contributed by atoms with Gasteiger partial charge < -0.3 is 0 Å². The number of aromatic nitrogens is 5. The summed E-state index contributed by atoms with van der Waals surface area (Å²) >= 11 is 0. The van der Waals surface area contributed by atoms with Crippen LogP contribution in [-0.4, -0.2) is 43.2 Å². The molecule has 1 aliphatic heterocycles. The zero-order chi connectivity index (χ0) is 21.6. The summed E-state index contributed by atoms with van der Waals surface area (Å²) in [5.41, 5.74) is 3.76. The van der Waals surface area contributed by atoms with Gasteiger partial charge in [-0.25, -0.2) is 4.68 Å². The van der Waals surface area contributed by atoms with Crippen LogP contribution in [0, 0.1) is 5.92 Å². The molecule has 0 saturated carbocycles. The first-order chi connectivity index (χ1) is 15.9. The van der Waals surface area contributed by atoms with Crippen LogP contribution in [0.1, 0.15) is 41.4 Å². The third kappa shape index (κ3) is 4.75. The van der Waals surface area contributed by atoms with E-state index in [0.29, 0.717) is 12.5 Å². The Morgan fingerprint density at radius 3 is 2.25 bits per heavy atom. The van der Waals surface area contributed by atoms with E-state index in [1.54, 1.807) is 0 Å². The van der Waals surface area contributed by atoms with E-state index in [2.05, 4.69) is 86.1 Å². The van der Waals surface area contributed by atoms with Gasteiger partial charge in [0, 0.05) is 12.4 Å². The summed E-state index contributed by atoms with van der Waals surface area (Å²) < 4.78 is 1.93. The van der Waals surface area contributed by atoms with Crippen molar-refractivity contribution in [2.45, 2.75) is 31.8 Å². The van der Waals surface area contributed by atoms with E-state index in [9.17, 15) is 0 Å². The Morgan fingerprint density at radius 1 is 0.844 bits per heavy atom. The third-order valence-corrected chi connectivity index (χ3v) is 6.36. The molecule has 4 aromatic rings. The molecule has 1 atom stereocenters. The number of piperidine rings is 1. The van der Waals surface area contributed by atoms with E-state index in [0.717, 1.165) is 30.9 Å². The van der Waals surface area contributed by atoms with Gasteiger partial charge in [0.15, 0.2) is 5.82 Å². The average molecular weight is 425 g/mol. The van der Waals surface area contributed by atoms with Crippen molar-refractivity contribution in [3.8, 4) is 0 Å². The van der Waals surface area contributed by atoms with Crippen LogP contribution in [0.15, 0.2) is 85.2 Å². The summed E-state index contributed by atoms with van der Waals surface area (Å²) in [4.78, 5) is 6.91. The van der Waals surface area contributed by atoms with Crippen LogP contribution >= 0.6 is 0 Å². The lowest BCUT2D eigenvalue weighted by Crippen LogP contribution is -2.39. The Hall–Kier alpha value is -3.38. The number of likely N-dealkylation sites (tertiary alicyclic amines) is 1. The summed E-state index contributed by atoms with van der Waals surface area (Å²) in [6.45, 7) is 2.70. The number of pyridine rings is 1. The van der Waals surface area contributed by atoms with Crippen LogP contribution in [0.2, 0.25) is 0 Å². The first-order valence-corrected chi connectivity index (χ1v) is 11.3. The topological polar surface area (TPSA) is 59.7 Å². The summed E-state index contributed by atoms with van der Waals surface area (Å²) in [7, 11) is 0. The smallest absolute Gasteiger partial charge is 0.173 e. The standard InChI is InChI=1S/C26H28N6/c1-3-8-21(9-4-1)18-22-13-16-31(17-14-22)25(24-12-7-15-27-19-24)26-28-29-30-32(26)20-23-10-5-2-6-11-23/h1-12,15,19,22,25H,13-14,16-18,20H2. The van der Waals surface area contributed by atoms with Gasteiger partial charge in [0.2, 0.25) is 0 Å². The van der Waals surface area contributed by atoms with E-state index in [1.807, 2.05) is 29.2 Å². The van der Waals surface area contributed by atoms with Gasteiger partial charge in [-0.1, -0.05) is 66.7 Å². The summed E-state index contributed by atoms with van der Waals surface area (Å²) in [6, 6.07) is 25.3. The molecule has 2 aromatic heterocycles. The van der Waals surface area contributed by atoms with Crippen molar-refractivity contribution in [2.75, 3.05) is 13.1 Å². The van der Waals surface area contributed by atoms with Gasteiger partial charge >= 0.3 is 0 Å². The Morgan fingerprint density at radius 2 is 1.56 bits per heavy atom. The maximum atomic E-state index is 4.48. The molecule has 5 rings (SSSR count). The summed E-state index contributed by atoms with van der Waals surface area (Å²) in [6.07, 6.45) is 7.26. The molecule has 1 saturated heterocycles. The van der Waals surface area contributed by atoms with Gasteiger partial charge in [-0.15, -0.1) is 5.10 Å². The Balaban J connectivity index is 1.36. The molecule has 1 unspecified atom stereocenters. The highest BCUT2D eigenvalue weighted by atomic mass is 15.5. The number of tetrazole rings is 1. The normalized spacial score (nSPS) is 16.1. The molecular formula is C26H28N6. The molecule has 0 aliphatic carbocycles. The summed E-state index contributed by atoms with van der Waals surface area (Å²) in [5.74, 6) is 1.59. The minimum atomic E-state index is 0.0000810. The van der Waals surface area contributed by atoms with E-state index >= 15 is 0 Å². The SMILES string of the molecule is c1ccc(CC2CCN(C(c3cccnc3)c3nnnn3Cc3ccccc3)CC2)cc1. The molecule has 0 bridgehead atoms. The molecular weight excluding hydrogens is 396 g/mol. The van der Waals surface area contributed by atoms with E-state index in [4.69, 9.17) is 0 Å². The maximum absolute atomic E-state index is 4.48. The molecule has 0 spiro atoms. The molecule has 2 aromatic carbocycles. The highest BCUT2D eigenvalue weighted by Gasteiger charge is 2.31. The van der Waals surface area contributed by atoms with Gasteiger partial charge in [-0.2, -0.15) is 0 Å². The summed E-state index contributed by atoms with van der Waals surface area (Å²) in [5, 5.41) is 12.9. The lowest BCUT2D eigenvalue weighted by atomic mass is 9.89. The van der Waals surface area contributed by atoms with Gasteiger partial charge in [0.25, 0.3) is 0 Å². The molecule has 162 valence electrons. The number of hydrogen-bond acceptors (Lipinski definition) is 5. The second-order valence-corrected chi connectivity index (χ2v) is 8.54. The quantitative estimate of drug-likeness (QED) is 0.446. The fourth-order valence-corrected chi connectivity index (χ4v) is 4.70. The minimum Gasteiger partial charge on any atom is -0.290 e. The number of rotatable bonds is 7. The first-order valence-electron chi connectivity index (χ1n) is 11.3. The predicted octanol–water partition coefficient (Wildman–Crippen LogP) is 4.16. The average Bonchev–Trinajstić information content (AvgIpc) is 3.30.